The Morgan fingerprint density at radius 3 is 2.58 bits per heavy atom. The minimum Gasteiger partial charge on any atom is -0.349 e. The van der Waals surface area contributed by atoms with E-state index >= 15 is 0 Å². The SMILES string of the molecule is N#Cc1ccc(NC(=O)c2cc3cccc(NS(=O)(=O)Cc4ccccc4)c3[nH]2)c(-c2nn[nH]n2)c1. The monoisotopic (exact) mass is 498 g/mol. The first-order valence-corrected chi connectivity index (χ1v) is 12.3. The molecule has 0 saturated heterocycles. The van der Waals surface area contributed by atoms with Gasteiger partial charge in [0.15, 0.2) is 0 Å². The van der Waals surface area contributed by atoms with Crippen molar-refractivity contribution >= 4 is 38.2 Å². The Hall–Kier alpha value is -5.02. The number of sulfonamides is 1. The van der Waals surface area contributed by atoms with Gasteiger partial charge in [-0.1, -0.05) is 42.5 Å². The molecule has 11 nitrogen and oxygen atoms in total. The van der Waals surface area contributed by atoms with E-state index in [1.807, 2.05) is 12.1 Å². The molecular weight excluding hydrogens is 480 g/mol. The molecule has 2 heterocycles. The van der Waals surface area contributed by atoms with Crippen molar-refractivity contribution in [3.8, 4) is 17.5 Å². The van der Waals surface area contributed by atoms with Crippen LogP contribution in [0.2, 0.25) is 0 Å². The summed E-state index contributed by atoms with van der Waals surface area (Å²) in [6, 6.07) is 22.3. The number of hydrogen-bond donors (Lipinski definition) is 4. The van der Waals surface area contributed by atoms with Crippen molar-refractivity contribution in [3.05, 3.63) is 89.6 Å². The summed E-state index contributed by atoms with van der Waals surface area (Å²) in [4.78, 5) is 16.1. The van der Waals surface area contributed by atoms with Gasteiger partial charge in [-0.3, -0.25) is 9.52 Å². The second-order valence-electron chi connectivity index (χ2n) is 7.86. The molecule has 0 aliphatic heterocycles. The molecule has 5 aromatic rings. The number of carbonyl (C=O) groups is 1. The molecule has 4 N–H and O–H groups in total. The number of fused-ring (bicyclic) bond motifs is 1. The number of para-hydroxylation sites is 1. The first-order valence-electron chi connectivity index (χ1n) is 10.7. The third-order valence-electron chi connectivity index (χ3n) is 5.35. The number of nitrogens with one attached hydrogen (secondary N) is 4. The summed E-state index contributed by atoms with van der Waals surface area (Å²) in [6.07, 6.45) is 0. The van der Waals surface area contributed by atoms with Gasteiger partial charge in [-0.2, -0.15) is 10.5 Å². The van der Waals surface area contributed by atoms with Gasteiger partial charge in [0.1, 0.15) is 5.69 Å². The van der Waals surface area contributed by atoms with Crippen LogP contribution in [-0.4, -0.2) is 39.9 Å². The van der Waals surface area contributed by atoms with Crippen LogP contribution in [0, 0.1) is 11.3 Å². The van der Waals surface area contributed by atoms with Crippen molar-refractivity contribution < 1.29 is 13.2 Å². The summed E-state index contributed by atoms with van der Waals surface area (Å²) < 4.78 is 28.1. The lowest BCUT2D eigenvalue weighted by Gasteiger charge is -2.09. The van der Waals surface area contributed by atoms with Gasteiger partial charge in [0.25, 0.3) is 5.91 Å². The van der Waals surface area contributed by atoms with E-state index in [-0.39, 0.29) is 17.3 Å². The maximum Gasteiger partial charge on any atom is 0.272 e. The fraction of sp³-hybridized carbons (Fsp3) is 0.0417. The Balaban J connectivity index is 1.42. The zero-order valence-corrected chi connectivity index (χ0v) is 19.4. The van der Waals surface area contributed by atoms with Crippen molar-refractivity contribution in [2.45, 2.75) is 5.75 Å². The number of aromatic amines is 2. The molecule has 1 amide bonds. The molecule has 178 valence electrons. The third-order valence-corrected chi connectivity index (χ3v) is 6.59. The van der Waals surface area contributed by atoms with Gasteiger partial charge < -0.3 is 10.3 Å². The number of amides is 1. The number of nitrogens with zero attached hydrogens (tertiary/aromatic N) is 4. The van der Waals surface area contributed by atoms with Crippen molar-refractivity contribution in [1.29, 1.82) is 5.26 Å². The van der Waals surface area contributed by atoms with Gasteiger partial charge in [-0.15, -0.1) is 10.2 Å². The summed E-state index contributed by atoms with van der Waals surface area (Å²) in [5, 5.41) is 26.4. The maximum atomic E-state index is 13.1. The Kier molecular flexibility index (Phi) is 5.89. The molecule has 0 radical (unpaired) electrons. The molecule has 0 unspecified atom stereocenters. The van der Waals surface area contributed by atoms with Crippen LogP contribution in [0.5, 0.6) is 0 Å². The molecular formula is C24H18N8O3S. The topological polar surface area (TPSA) is 169 Å². The van der Waals surface area contributed by atoms with Gasteiger partial charge in [0, 0.05) is 10.9 Å². The van der Waals surface area contributed by atoms with Crippen molar-refractivity contribution in [2.75, 3.05) is 10.0 Å². The number of rotatable bonds is 7. The second-order valence-corrected chi connectivity index (χ2v) is 9.58. The number of anilines is 2. The quantitative estimate of drug-likeness (QED) is 0.266. The fourth-order valence-electron chi connectivity index (χ4n) is 3.73. The smallest absolute Gasteiger partial charge is 0.272 e. The number of tetrazole rings is 1. The summed E-state index contributed by atoms with van der Waals surface area (Å²) in [5.41, 5.74) is 2.83. The molecule has 0 spiro atoms. The van der Waals surface area contributed by atoms with Crippen LogP contribution < -0.4 is 10.0 Å². The van der Waals surface area contributed by atoms with Crippen LogP contribution >= 0.6 is 0 Å². The Morgan fingerprint density at radius 2 is 1.83 bits per heavy atom. The first kappa shape index (κ1) is 22.8. The molecule has 0 atom stereocenters. The zero-order valence-electron chi connectivity index (χ0n) is 18.6. The van der Waals surface area contributed by atoms with Crippen molar-refractivity contribution in [3.63, 3.8) is 0 Å². The predicted octanol–water partition coefficient (Wildman–Crippen LogP) is 3.41. The Morgan fingerprint density at radius 1 is 1.00 bits per heavy atom. The molecule has 0 aliphatic carbocycles. The van der Waals surface area contributed by atoms with Crippen LogP contribution in [0.4, 0.5) is 11.4 Å². The second kappa shape index (κ2) is 9.32. The maximum absolute atomic E-state index is 13.1. The lowest BCUT2D eigenvalue weighted by atomic mass is 10.1. The van der Waals surface area contributed by atoms with E-state index in [0.29, 0.717) is 39.0 Å². The third kappa shape index (κ3) is 4.77. The zero-order chi connectivity index (χ0) is 25.1. The van der Waals surface area contributed by atoms with E-state index < -0.39 is 15.9 Å². The summed E-state index contributed by atoms with van der Waals surface area (Å²) in [6.45, 7) is 0. The van der Waals surface area contributed by atoms with Crippen LogP contribution in [0.3, 0.4) is 0 Å². The molecule has 0 saturated carbocycles. The highest BCUT2D eigenvalue weighted by Gasteiger charge is 2.18. The number of benzene rings is 3. The number of H-pyrrole nitrogens is 2. The van der Waals surface area contributed by atoms with Crippen LogP contribution in [0.1, 0.15) is 21.6 Å². The van der Waals surface area contributed by atoms with Gasteiger partial charge >= 0.3 is 0 Å². The molecule has 12 heteroatoms. The van der Waals surface area contributed by atoms with Crippen LogP contribution in [0.25, 0.3) is 22.3 Å². The Bertz CT molecular complexity index is 1710. The largest absolute Gasteiger partial charge is 0.349 e. The van der Waals surface area contributed by atoms with Crippen LogP contribution in [-0.2, 0) is 15.8 Å². The number of aromatic nitrogens is 5. The first-order chi connectivity index (χ1) is 17.4. The summed E-state index contributed by atoms with van der Waals surface area (Å²) in [5.74, 6) is -0.441. The summed E-state index contributed by atoms with van der Waals surface area (Å²) in [7, 11) is -3.70. The standard InChI is InChI=1S/C24H18N8O3S/c25-13-16-9-10-19(18(11-16)23-28-31-32-29-23)27-24(33)21-12-17-7-4-8-20(22(17)26-21)30-36(34,35)14-15-5-2-1-3-6-15/h1-12,26,30H,14H2,(H,27,33)(H,28,29,31,32). The highest BCUT2D eigenvalue weighted by atomic mass is 32.2. The highest BCUT2D eigenvalue weighted by Crippen LogP contribution is 2.28. The summed E-state index contributed by atoms with van der Waals surface area (Å²) >= 11 is 0. The minimum absolute atomic E-state index is 0.185. The van der Waals surface area contributed by atoms with Crippen molar-refractivity contribution in [2.24, 2.45) is 0 Å². The molecule has 36 heavy (non-hydrogen) atoms. The molecule has 2 aromatic heterocycles. The molecule has 0 fully saturated rings. The molecule has 3 aromatic carbocycles. The van der Waals surface area contributed by atoms with Gasteiger partial charge in [-0.05, 0) is 41.1 Å². The van der Waals surface area contributed by atoms with Gasteiger partial charge in [0.2, 0.25) is 15.8 Å². The Labute approximate surface area is 205 Å². The lowest BCUT2D eigenvalue weighted by Crippen LogP contribution is -2.15. The molecule has 5 rings (SSSR count). The number of hydrogen-bond acceptors (Lipinski definition) is 7. The lowest BCUT2D eigenvalue weighted by molar-refractivity contribution is 0.102. The van der Waals surface area contributed by atoms with Crippen molar-refractivity contribution in [1.82, 2.24) is 25.6 Å². The average molecular weight is 499 g/mol. The fourth-order valence-corrected chi connectivity index (χ4v) is 4.94. The predicted molar refractivity (Wildman–Crippen MR) is 133 cm³/mol. The van der Waals surface area contributed by atoms with E-state index in [9.17, 15) is 18.5 Å². The minimum atomic E-state index is -3.70. The number of nitriles is 1. The van der Waals surface area contributed by atoms with E-state index in [1.54, 1.807) is 66.7 Å². The van der Waals surface area contributed by atoms with E-state index in [4.69, 9.17) is 0 Å². The normalized spacial score (nSPS) is 11.2. The highest BCUT2D eigenvalue weighted by molar-refractivity contribution is 7.91. The number of carbonyl (C=O) groups excluding carboxylic acids is 1. The van der Waals surface area contributed by atoms with Gasteiger partial charge in [-0.25, -0.2) is 8.42 Å². The van der Waals surface area contributed by atoms with E-state index in [2.05, 4.69) is 35.6 Å². The van der Waals surface area contributed by atoms with Crippen LogP contribution in [0.15, 0.2) is 72.8 Å². The van der Waals surface area contributed by atoms with E-state index in [1.165, 1.54) is 0 Å². The van der Waals surface area contributed by atoms with E-state index in [0.717, 1.165) is 0 Å². The average Bonchev–Trinajstić information content (AvgIpc) is 3.55. The van der Waals surface area contributed by atoms with Gasteiger partial charge in [0.05, 0.1) is 34.3 Å². The molecule has 0 aliphatic rings. The molecule has 0 bridgehead atoms.